The van der Waals surface area contributed by atoms with Crippen LogP contribution in [0.2, 0.25) is 0 Å². The van der Waals surface area contributed by atoms with Crippen molar-refractivity contribution in [1.82, 2.24) is 9.97 Å². The second kappa shape index (κ2) is 5.90. The molecule has 0 amide bonds. The van der Waals surface area contributed by atoms with Gasteiger partial charge in [0.05, 0.1) is 11.1 Å². The molecule has 0 saturated heterocycles. The smallest absolute Gasteiger partial charge is 0.416 e. The van der Waals surface area contributed by atoms with Gasteiger partial charge in [0.2, 0.25) is 0 Å². The van der Waals surface area contributed by atoms with E-state index in [2.05, 4.69) is 9.97 Å². The van der Waals surface area contributed by atoms with E-state index in [1.807, 2.05) is 13.8 Å². The van der Waals surface area contributed by atoms with Crippen molar-refractivity contribution in [2.75, 3.05) is 0 Å². The quantitative estimate of drug-likeness (QED) is 0.929. The fourth-order valence-electron chi connectivity index (χ4n) is 2.06. The lowest BCUT2D eigenvalue weighted by Crippen LogP contribution is -2.11. The molecule has 0 aliphatic carbocycles. The monoisotopic (exact) mass is 312 g/mol. The summed E-state index contributed by atoms with van der Waals surface area (Å²) in [6.07, 6.45) is -3.19. The van der Waals surface area contributed by atoms with E-state index in [1.54, 1.807) is 0 Å². The van der Waals surface area contributed by atoms with Crippen LogP contribution in [0, 0.1) is 5.92 Å². The zero-order valence-corrected chi connectivity index (χ0v) is 12.1. The van der Waals surface area contributed by atoms with Crippen molar-refractivity contribution < 1.29 is 23.1 Å². The van der Waals surface area contributed by atoms with Crippen LogP contribution in [-0.4, -0.2) is 21.0 Å². The molecule has 118 valence electrons. The number of nitrogens with zero attached hydrogens (tertiary/aromatic N) is 2. The van der Waals surface area contributed by atoms with Crippen LogP contribution in [-0.2, 0) is 12.6 Å². The summed E-state index contributed by atoms with van der Waals surface area (Å²) in [4.78, 5) is 19.4. The topological polar surface area (TPSA) is 63.1 Å². The summed E-state index contributed by atoms with van der Waals surface area (Å²) in [6, 6.07) is 2.87. The lowest BCUT2D eigenvalue weighted by molar-refractivity contribution is -0.137. The molecule has 1 N–H and O–H groups in total. The number of carboxylic acids is 1. The van der Waals surface area contributed by atoms with E-state index in [9.17, 15) is 23.1 Å². The SMILES string of the molecule is CCC(C)Cc1nc(C(=O)O)c2cc(C(F)(F)F)ccc2n1. The largest absolute Gasteiger partial charge is 0.476 e. The molecule has 2 aromatic rings. The van der Waals surface area contributed by atoms with Crippen molar-refractivity contribution in [1.29, 1.82) is 0 Å². The Morgan fingerprint density at radius 3 is 2.55 bits per heavy atom. The third-order valence-corrected chi connectivity index (χ3v) is 3.50. The number of hydrogen-bond donors (Lipinski definition) is 1. The van der Waals surface area contributed by atoms with E-state index in [-0.39, 0.29) is 16.8 Å². The van der Waals surface area contributed by atoms with Gasteiger partial charge in [0.25, 0.3) is 0 Å². The predicted molar refractivity (Wildman–Crippen MR) is 74.7 cm³/mol. The first-order valence-corrected chi connectivity index (χ1v) is 6.83. The van der Waals surface area contributed by atoms with Gasteiger partial charge < -0.3 is 5.11 Å². The van der Waals surface area contributed by atoms with Crippen LogP contribution in [0.25, 0.3) is 10.9 Å². The molecule has 4 nitrogen and oxygen atoms in total. The van der Waals surface area contributed by atoms with Crippen LogP contribution in [0.3, 0.4) is 0 Å². The average Bonchev–Trinajstić information content (AvgIpc) is 2.44. The van der Waals surface area contributed by atoms with Crippen molar-refractivity contribution in [2.24, 2.45) is 5.92 Å². The molecule has 0 saturated carbocycles. The molecule has 1 aromatic carbocycles. The van der Waals surface area contributed by atoms with Gasteiger partial charge in [-0.25, -0.2) is 14.8 Å². The fraction of sp³-hybridized carbons (Fsp3) is 0.400. The van der Waals surface area contributed by atoms with Gasteiger partial charge in [-0.15, -0.1) is 0 Å². The molecular formula is C15H15F3N2O2. The molecule has 0 fully saturated rings. The highest BCUT2D eigenvalue weighted by atomic mass is 19.4. The first-order valence-electron chi connectivity index (χ1n) is 6.83. The summed E-state index contributed by atoms with van der Waals surface area (Å²) in [5, 5.41) is 9.12. The molecular weight excluding hydrogens is 297 g/mol. The van der Waals surface area contributed by atoms with Gasteiger partial charge in [-0.05, 0) is 24.1 Å². The van der Waals surface area contributed by atoms with Crippen molar-refractivity contribution in [3.8, 4) is 0 Å². The van der Waals surface area contributed by atoms with Crippen molar-refractivity contribution in [2.45, 2.75) is 32.9 Å². The highest BCUT2D eigenvalue weighted by molar-refractivity contribution is 6.00. The Bertz CT molecular complexity index is 714. The van der Waals surface area contributed by atoms with Crippen LogP contribution < -0.4 is 0 Å². The Morgan fingerprint density at radius 1 is 1.32 bits per heavy atom. The Kier molecular flexibility index (Phi) is 4.35. The lowest BCUT2D eigenvalue weighted by Gasteiger charge is -2.11. The molecule has 7 heteroatoms. The molecule has 0 aliphatic rings. The van der Waals surface area contributed by atoms with E-state index < -0.39 is 23.4 Å². The third-order valence-electron chi connectivity index (χ3n) is 3.50. The van der Waals surface area contributed by atoms with Crippen LogP contribution in [0.1, 0.15) is 42.1 Å². The number of rotatable bonds is 4. The highest BCUT2D eigenvalue weighted by Crippen LogP contribution is 2.31. The minimum atomic E-state index is -4.54. The highest BCUT2D eigenvalue weighted by Gasteiger charge is 2.31. The number of aromatic nitrogens is 2. The average molecular weight is 312 g/mol. The zero-order chi connectivity index (χ0) is 16.5. The van der Waals surface area contributed by atoms with Crippen LogP contribution in [0.15, 0.2) is 18.2 Å². The van der Waals surface area contributed by atoms with Crippen molar-refractivity contribution in [3.63, 3.8) is 0 Å². The second-order valence-electron chi connectivity index (χ2n) is 5.24. The first kappa shape index (κ1) is 16.2. The maximum absolute atomic E-state index is 12.8. The fourth-order valence-corrected chi connectivity index (χ4v) is 2.06. The summed E-state index contributed by atoms with van der Waals surface area (Å²) < 4.78 is 38.3. The molecule has 22 heavy (non-hydrogen) atoms. The first-order chi connectivity index (χ1) is 10.2. The van der Waals surface area contributed by atoms with Crippen LogP contribution in [0.5, 0.6) is 0 Å². The number of hydrogen-bond acceptors (Lipinski definition) is 3. The van der Waals surface area contributed by atoms with Gasteiger partial charge in [-0.2, -0.15) is 13.2 Å². The van der Waals surface area contributed by atoms with Gasteiger partial charge in [-0.3, -0.25) is 0 Å². The van der Waals surface area contributed by atoms with E-state index in [1.165, 1.54) is 6.07 Å². The second-order valence-corrected chi connectivity index (χ2v) is 5.24. The van der Waals surface area contributed by atoms with Crippen LogP contribution in [0.4, 0.5) is 13.2 Å². The lowest BCUT2D eigenvalue weighted by atomic mass is 10.0. The number of carboxylic acid groups (broad SMARTS) is 1. The van der Waals surface area contributed by atoms with Crippen LogP contribution >= 0.6 is 0 Å². The van der Waals surface area contributed by atoms with E-state index in [4.69, 9.17) is 0 Å². The summed E-state index contributed by atoms with van der Waals surface area (Å²) in [6.45, 7) is 3.96. The predicted octanol–water partition coefficient (Wildman–Crippen LogP) is 3.94. The number of carbonyl (C=O) groups is 1. The third kappa shape index (κ3) is 3.35. The summed E-state index contributed by atoms with van der Waals surface area (Å²) in [7, 11) is 0. The maximum Gasteiger partial charge on any atom is 0.416 e. The number of halogens is 3. The molecule has 1 aromatic heterocycles. The minimum Gasteiger partial charge on any atom is -0.476 e. The number of benzene rings is 1. The van der Waals surface area contributed by atoms with E-state index >= 15 is 0 Å². The van der Waals surface area contributed by atoms with E-state index in [0.717, 1.165) is 18.6 Å². The molecule has 1 atom stereocenters. The summed E-state index contributed by atoms with van der Waals surface area (Å²) >= 11 is 0. The zero-order valence-electron chi connectivity index (χ0n) is 12.1. The normalized spacial score (nSPS) is 13.3. The Hall–Kier alpha value is -2.18. The number of aromatic carboxylic acids is 1. The summed E-state index contributed by atoms with van der Waals surface area (Å²) in [5.74, 6) is -0.773. The van der Waals surface area contributed by atoms with Gasteiger partial charge in [0, 0.05) is 11.8 Å². The molecule has 0 spiro atoms. The molecule has 0 bridgehead atoms. The number of alkyl halides is 3. The van der Waals surface area contributed by atoms with Gasteiger partial charge in [0.1, 0.15) is 5.82 Å². The van der Waals surface area contributed by atoms with E-state index in [0.29, 0.717) is 12.2 Å². The Labute approximate surface area is 125 Å². The summed E-state index contributed by atoms with van der Waals surface area (Å²) in [5.41, 5.74) is -1.10. The molecule has 2 rings (SSSR count). The Morgan fingerprint density at radius 2 is 2.00 bits per heavy atom. The molecule has 0 aliphatic heterocycles. The maximum atomic E-state index is 12.8. The molecule has 1 heterocycles. The van der Waals surface area contributed by atoms with Crippen molar-refractivity contribution >= 4 is 16.9 Å². The standard InChI is InChI=1S/C15H15F3N2O2/c1-3-8(2)6-12-19-11-5-4-9(15(16,17)18)7-10(11)13(20-12)14(21)22/h4-5,7-8H,3,6H2,1-2H3,(H,21,22). The Balaban J connectivity index is 2.62. The van der Waals surface area contributed by atoms with Gasteiger partial charge in [0.15, 0.2) is 5.69 Å². The molecule has 0 radical (unpaired) electrons. The molecule has 1 unspecified atom stereocenters. The minimum absolute atomic E-state index is 0.102. The van der Waals surface area contributed by atoms with Gasteiger partial charge >= 0.3 is 12.1 Å². The van der Waals surface area contributed by atoms with Gasteiger partial charge in [-0.1, -0.05) is 20.3 Å². The number of fused-ring (bicyclic) bond motifs is 1. The van der Waals surface area contributed by atoms with Crippen molar-refractivity contribution in [3.05, 3.63) is 35.3 Å².